The van der Waals surface area contributed by atoms with Gasteiger partial charge >= 0.3 is 0 Å². The van der Waals surface area contributed by atoms with Crippen molar-refractivity contribution >= 4 is 0 Å². The molecule has 0 heterocycles. The fraction of sp³-hybridized carbons (Fsp3) is 0.500. The van der Waals surface area contributed by atoms with Gasteiger partial charge in [-0.05, 0) is 24.5 Å². The van der Waals surface area contributed by atoms with Crippen LogP contribution in [0.25, 0.3) is 0 Å². The lowest BCUT2D eigenvalue weighted by molar-refractivity contribution is 0.0226. The van der Waals surface area contributed by atoms with E-state index in [0.29, 0.717) is 5.56 Å². The van der Waals surface area contributed by atoms with Crippen LogP contribution in [-0.2, 0) is 12.8 Å². The Balaban J connectivity index is 2.54. The van der Waals surface area contributed by atoms with Gasteiger partial charge in [0.1, 0.15) is 0 Å². The SMILES string of the molecule is CN(N)CCc1ccc(CC(C)(F)F)cc1. The number of alkyl halides is 2. The molecule has 90 valence electrons. The third-order valence-corrected chi connectivity index (χ3v) is 2.29. The van der Waals surface area contributed by atoms with Crippen molar-refractivity contribution in [1.29, 1.82) is 0 Å². The molecule has 0 saturated carbocycles. The quantitative estimate of drug-likeness (QED) is 0.618. The van der Waals surface area contributed by atoms with Gasteiger partial charge in [-0.1, -0.05) is 24.3 Å². The van der Waals surface area contributed by atoms with E-state index in [1.54, 1.807) is 24.2 Å². The molecule has 0 saturated heterocycles. The molecule has 2 nitrogen and oxygen atoms in total. The zero-order chi connectivity index (χ0) is 12.2. The molecule has 0 bridgehead atoms. The van der Waals surface area contributed by atoms with Gasteiger partial charge in [-0.15, -0.1) is 0 Å². The number of hydrazine groups is 1. The van der Waals surface area contributed by atoms with E-state index in [4.69, 9.17) is 5.84 Å². The second kappa shape index (κ2) is 5.37. The first kappa shape index (κ1) is 13.1. The van der Waals surface area contributed by atoms with Crippen LogP contribution in [0.4, 0.5) is 8.78 Å². The topological polar surface area (TPSA) is 29.3 Å². The predicted octanol–water partition coefficient (Wildman–Crippen LogP) is 2.23. The van der Waals surface area contributed by atoms with Crippen LogP contribution < -0.4 is 5.84 Å². The van der Waals surface area contributed by atoms with Gasteiger partial charge in [-0.3, -0.25) is 5.84 Å². The first-order valence-electron chi connectivity index (χ1n) is 5.28. The Morgan fingerprint density at radius 3 is 2.12 bits per heavy atom. The van der Waals surface area contributed by atoms with E-state index in [-0.39, 0.29) is 6.42 Å². The summed E-state index contributed by atoms with van der Waals surface area (Å²) in [6.07, 6.45) is 0.625. The van der Waals surface area contributed by atoms with Gasteiger partial charge in [-0.25, -0.2) is 13.8 Å². The minimum atomic E-state index is -2.64. The third-order valence-electron chi connectivity index (χ3n) is 2.29. The molecule has 0 radical (unpaired) electrons. The van der Waals surface area contributed by atoms with E-state index in [9.17, 15) is 8.78 Å². The summed E-state index contributed by atoms with van der Waals surface area (Å²) in [6, 6.07) is 7.27. The van der Waals surface area contributed by atoms with E-state index >= 15 is 0 Å². The molecule has 1 aromatic rings. The van der Waals surface area contributed by atoms with Crippen molar-refractivity contribution in [1.82, 2.24) is 5.01 Å². The summed E-state index contributed by atoms with van der Waals surface area (Å²) < 4.78 is 25.5. The monoisotopic (exact) mass is 228 g/mol. The van der Waals surface area contributed by atoms with Crippen LogP contribution in [-0.4, -0.2) is 24.5 Å². The van der Waals surface area contributed by atoms with Crippen LogP contribution in [0.2, 0.25) is 0 Å². The maximum Gasteiger partial charge on any atom is 0.249 e. The first-order valence-corrected chi connectivity index (χ1v) is 5.28. The van der Waals surface area contributed by atoms with Crippen molar-refractivity contribution in [2.24, 2.45) is 5.84 Å². The smallest absolute Gasteiger partial charge is 0.249 e. The molecule has 0 aliphatic heterocycles. The van der Waals surface area contributed by atoms with E-state index in [0.717, 1.165) is 25.5 Å². The Labute approximate surface area is 95.0 Å². The lowest BCUT2D eigenvalue weighted by Crippen LogP contribution is -2.28. The molecule has 0 aliphatic carbocycles. The molecule has 0 aliphatic rings. The summed E-state index contributed by atoms with van der Waals surface area (Å²) in [5.74, 6) is 2.85. The molecule has 0 fully saturated rings. The predicted molar refractivity (Wildman–Crippen MR) is 61.3 cm³/mol. The molecule has 4 heteroatoms. The molecule has 1 aromatic carbocycles. The summed E-state index contributed by atoms with van der Waals surface area (Å²) in [5, 5.41) is 1.61. The molecule has 0 unspecified atom stereocenters. The maximum absolute atomic E-state index is 12.7. The Bertz CT molecular complexity index is 315. The summed E-state index contributed by atoms with van der Waals surface area (Å²) >= 11 is 0. The second-order valence-electron chi connectivity index (χ2n) is 4.29. The van der Waals surface area contributed by atoms with Crippen molar-refractivity contribution in [2.45, 2.75) is 25.7 Å². The van der Waals surface area contributed by atoms with Crippen molar-refractivity contribution < 1.29 is 8.78 Å². The third kappa shape index (κ3) is 5.19. The number of hydrogen-bond donors (Lipinski definition) is 1. The molecular formula is C12H18F2N2. The molecule has 0 atom stereocenters. The van der Waals surface area contributed by atoms with Crippen LogP contribution in [0.3, 0.4) is 0 Å². The van der Waals surface area contributed by atoms with Crippen molar-refractivity contribution in [3.63, 3.8) is 0 Å². The molecule has 0 spiro atoms. The van der Waals surface area contributed by atoms with Gasteiger partial charge in [-0.2, -0.15) is 0 Å². The zero-order valence-corrected chi connectivity index (χ0v) is 9.71. The standard InChI is InChI=1S/C12H18F2N2/c1-12(13,14)9-11-5-3-10(4-6-11)7-8-16(2)15/h3-6H,7-9,15H2,1-2H3. The largest absolute Gasteiger partial charge is 0.269 e. The van der Waals surface area contributed by atoms with E-state index < -0.39 is 5.92 Å². The van der Waals surface area contributed by atoms with E-state index in [1.807, 2.05) is 12.1 Å². The number of likely N-dealkylation sites (N-methyl/N-ethyl adjacent to an activating group) is 1. The van der Waals surface area contributed by atoms with Gasteiger partial charge in [0.05, 0.1) is 0 Å². The number of rotatable bonds is 5. The fourth-order valence-corrected chi connectivity index (χ4v) is 1.49. The molecular weight excluding hydrogens is 210 g/mol. The normalized spacial score (nSPS) is 12.1. The van der Waals surface area contributed by atoms with Crippen LogP contribution in [0.1, 0.15) is 18.1 Å². The van der Waals surface area contributed by atoms with Gasteiger partial charge in [0, 0.05) is 20.0 Å². The zero-order valence-electron chi connectivity index (χ0n) is 9.71. The highest BCUT2D eigenvalue weighted by Gasteiger charge is 2.21. The average molecular weight is 228 g/mol. The molecule has 16 heavy (non-hydrogen) atoms. The molecule has 1 rings (SSSR count). The molecule has 2 N–H and O–H groups in total. The lowest BCUT2D eigenvalue weighted by Gasteiger charge is -2.11. The first-order chi connectivity index (χ1) is 7.37. The van der Waals surface area contributed by atoms with Crippen molar-refractivity contribution in [3.8, 4) is 0 Å². The number of hydrogen-bond acceptors (Lipinski definition) is 2. The Morgan fingerprint density at radius 1 is 1.19 bits per heavy atom. The highest BCUT2D eigenvalue weighted by atomic mass is 19.3. The number of nitrogens with zero attached hydrogens (tertiary/aromatic N) is 1. The minimum absolute atomic E-state index is 0.204. The van der Waals surface area contributed by atoms with Crippen LogP contribution in [0.5, 0.6) is 0 Å². The Kier molecular flexibility index (Phi) is 4.38. The Hall–Kier alpha value is -1.00. The summed E-state index contributed by atoms with van der Waals surface area (Å²) in [5.41, 5.74) is 1.78. The number of halogens is 2. The Morgan fingerprint density at radius 2 is 1.69 bits per heavy atom. The fourth-order valence-electron chi connectivity index (χ4n) is 1.49. The lowest BCUT2D eigenvalue weighted by atomic mass is 10.0. The van der Waals surface area contributed by atoms with Crippen LogP contribution in [0.15, 0.2) is 24.3 Å². The maximum atomic E-state index is 12.7. The highest BCUT2D eigenvalue weighted by Crippen LogP contribution is 2.19. The van der Waals surface area contributed by atoms with Crippen LogP contribution in [0, 0.1) is 0 Å². The van der Waals surface area contributed by atoms with Crippen LogP contribution >= 0.6 is 0 Å². The number of benzene rings is 1. The summed E-state index contributed by atoms with van der Waals surface area (Å²) in [6.45, 7) is 1.69. The van der Waals surface area contributed by atoms with Crippen molar-refractivity contribution in [2.75, 3.05) is 13.6 Å². The molecule has 0 amide bonds. The summed E-state index contributed by atoms with van der Waals surface area (Å²) in [4.78, 5) is 0. The minimum Gasteiger partial charge on any atom is -0.269 e. The van der Waals surface area contributed by atoms with Gasteiger partial charge in [0.2, 0.25) is 5.92 Å². The number of nitrogens with two attached hydrogens (primary N) is 1. The second-order valence-corrected chi connectivity index (χ2v) is 4.29. The highest BCUT2D eigenvalue weighted by molar-refractivity contribution is 5.23. The molecule has 0 aromatic heterocycles. The average Bonchev–Trinajstić information content (AvgIpc) is 2.14. The van der Waals surface area contributed by atoms with Gasteiger partial charge < -0.3 is 0 Å². The summed E-state index contributed by atoms with van der Waals surface area (Å²) in [7, 11) is 1.80. The van der Waals surface area contributed by atoms with E-state index in [2.05, 4.69) is 0 Å². The van der Waals surface area contributed by atoms with Gasteiger partial charge in [0.25, 0.3) is 0 Å². The van der Waals surface area contributed by atoms with E-state index in [1.165, 1.54) is 0 Å². The van der Waals surface area contributed by atoms with Crippen molar-refractivity contribution in [3.05, 3.63) is 35.4 Å². The van der Waals surface area contributed by atoms with Gasteiger partial charge in [0.15, 0.2) is 0 Å².